The van der Waals surface area contributed by atoms with E-state index in [-0.39, 0.29) is 5.91 Å². The van der Waals surface area contributed by atoms with Gasteiger partial charge in [-0.05, 0) is 30.5 Å². The smallest absolute Gasteiger partial charge is 0.230 e. The van der Waals surface area contributed by atoms with Crippen LogP contribution in [-0.2, 0) is 14.9 Å². The fraction of sp³-hybridized carbons (Fsp3) is 0.611. The molecule has 24 heavy (non-hydrogen) atoms. The molecule has 132 valence electrons. The largest absolute Gasteiger partial charge is 0.381 e. The molecule has 5 nitrogen and oxygen atoms in total. The van der Waals surface area contributed by atoms with Gasteiger partial charge in [0.05, 0.1) is 5.41 Å². The van der Waals surface area contributed by atoms with Gasteiger partial charge in [0.25, 0.3) is 0 Å². The van der Waals surface area contributed by atoms with Gasteiger partial charge >= 0.3 is 0 Å². The van der Waals surface area contributed by atoms with Crippen molar-refractivity contribution in [2.24, 2.45) is 0 Å². The highest BCUT2D eigenvalue weighted by molar-refractivity contribution is 6.30. The van der Waals surface area contributed by atoms with E-state index >= 15 is 0 Å². The second-order valence-electron chi connectivity index (χ2n) is 6.55. The molecule has 3 rings (SSSR count). The molecule has 2 aliphatic rings. The first-order valence-electron chi connectivity index (χ1n) is 8.76. The number of hydrogen-bond acceptors (Lipinski definition) is 4. The van der Waals surface area contributed by atoms with Crippen molar-refractivity contribution in [1.29, 1.82) is 0 Å². The van der Waals surface area contributed by atoms with Crippen molar-refractivity contribution < 1.29 is 9.53 Å². The Kier molecular flexibility index (Phi) is 6.11. The van der Waals surface area contributed by atoms with E-state index in [4.69, 9.17) is 16.3 Å². The summed E-state index contributed by atoms with van der Waals surface area (Å²) in [7, 11) is 0. The first-order valence-corrected chi connectivity index (χ1v) is 9.14. The van der Waals surface area contributed by atoms with Crippen molar-refractivity contribution in [1.82, 2.24) is 15.5 Å². The molecule has 0 unspecified atom stereocenters. The highest BCUT2D eigenvalue weighted by Crippen LogP contribution is 2.36. The summed E-state index contributed by atoms with van der Waals surface area (Å²) in [5, 5.41) is 7.17. The van der Waals surface area contributed by atoms with Crippen molar-refractivity contribution in [3.05, 3.63) is 34.9 Å². The van der Waals surface area contributed by atoms with Crippen LogP contribution >= 0.6 is 11.6 Å². The van der Waals surface area contributed by atoms with Crippen LogP contribution in [0.1, 0.15) is 18.4 Å². The van der Waals surface area contributed by atoms with E-state index in [0.29, 0.717) is 37.6 Å². The number of benzene rings is 1. The van der Waals surface area contributed by atoms with Crippen LogP contribution in [-0.4, -0.2) is 63.3 Å². The molecule has 1 aromatic carbocycles. The van der Waals surface area contributed by atoms with Gasteiger partial charge in [0.15, 0.2) is 0 Å². The molecule has 2 N–H and O–H groups in total. The van der Waals surface area contributed by atoms with Crippen molar-refractivity contribution in [2.45, 2.75) is 18.3 Å². The molecule has 2 heterocycles. The molecule has 2 aliphatic heterocycles. The second kappa shape index (κ2) is 8.30. The summed E-state index contributed by atoms with van der Waals surface area (Å²) < 4.78 is 5.50. The second-order valence-corrected chi connectivity index (χ2v) is 6.99. The van der Waals surface area contributed by atoms with Crippen molar-refractivity contribution in [3.63, 3.8) is 0 Å². The number of amides is 1. The van der Waals surface area contributed by atoms with Crippen LogP contribution < -0.4 is 10.6 Å². The van der Waals surface area contributed by atoms with Gasteiger partial charge in [0.1, 0.15) is 0 Å². The Morgan fingerprint density at radius 3 is 2.75 bits per heavy atom. The van der Waals surface area contributed by atoms with Gasteiger partial charge in [-0.3, -0.25) is 9.69 Å². The summed E-state index contributed by atoms with van der Waals surface area (Å²) in [5.74, 6) is 0.100. The lowest BCUT2D eigenvalue weighted by Crippen LogP contribution is -2.51. The predicted molar refractivity (Wildman–Crippen MR) is 95.5 cm³/mol. The van der Waals surface area contributed by atoms with E-state index < -0.39 is 5.41 Å². The number of carbonyl (C=O) groups excluding carboxylic acids is 1. The molecule has 0 aromatic heterocycles. The molecule has 0 atom stereocenters. The molecule has 0 saturated carbocycles. The lowest BCUT2D eigenvalue weighted by Gasteiger charge is -2.36. The van der Waals surface area contributed by atoms with Crippen LogP contribution in [0.5, 0.6) is 0 Å². The zero-order chi connectivity index (χ0) is 16.8. The number of carbonyl (C=O) groups is 1. The quantitative estimate of drug-likeness (QED) is 0.842. The number of piperazine rings is 1. The number of rotatable bonds is 5. The number of hydrogen-bond donors (Lipinski definition) is 2. The van der Waals surface area contributed by atoms with Gasteiger partial charge in [-0.15, -0.1) is 0 Å². The summed E-state index contributed by atoms with van der Waals surface area (Å²) in [6.07, 6.45) is 1.40. The lowest BCUT2D eigenvalue weighted by molar-refractivity contribution is -0.130. The molecular weight excluding hydrogens is 326 g/mol. The Labute approximate surface area is 148 Å². The molecule has 2 fully saturated rings. The highest BCUT2D eigenvalue weighted by atomic mass is 35.5. The summed E-state index contributed by atoms with van der Waals surface area (Å²) in [4.78, 5) is 15.4. The van der Waals surface area contributed by atoms with Gasteiger partial charge < -0.3 is 15.4 Å². The minimum atomic E-state index is -0.521. The summed E-state index contributed by atoms with van der Waals surface area (Å²) >= 11 is 6.16. The van der Waals surface area contributed by atoms with Crippen LogP contribution in [0.2, 0.25) is 5.02 Å². The minimum absolute atomic E-state index is 0.100. The molecule has 2 saturated heterocycles. The maximum absolute atomic E-state index is 13.0. The molecule has 6 heteroatoms. The molecule has 0 bridgehead atoms. The summed E-state index contributed by atoms with van der Waals surface area (Å²) in [6.45, 7) is 6.94. The van der Waals surface area contributed by atoms with Crippen LogP contribution in [0.4, 0.5) is 0 Å². The zero-order valence-corrected chi connectivity index (χ0v) is 14.8. The van der Waals surface area contributed by atoms with Gasteiger partial charge in [-0.1, -0.05) is 23.7 Å². The highest BCUT2D eigenvalue weighted by Gasteiger charge is 2.41. The lowest BCUT2D eigenvalue weighted by atomic mass is 9.73. The topological polar surface area (TPSA) is 53.6 Å². The fourth-order valence-corrected chi connectivity index (χ4v) is 3.77. The summed E-state index contributed by atoms with van der Waals surface area (Å²) in [6, 6.07) is 7.69. The van der Waals surface area contributed by atoms with Crippen molar-refractivity contribution in [2.75, 3.05) is 52.5 Å². The van der Waals surface area contributed by atoms with Crippen LogP contribution in [0.3, 0.4) is 0 Å². The van der Waals surface area contributed by atoms with Crippen LogP contribution in [0.15, 0.2) is 24.3 Å². The van der Waals surface area contributed by atoms with E-state index in [2.05, 4.69) is 15.5 Å². The van der Waals surface area contributed by atoms with E-state index in [1.165, 1.54) is 0 Å². The minimum Gasteiger partial charge on any atom is -0.381 e. The summed E-state index contributed by atoms with van der Waals surface area (Å²) in [5.41, 5.74) is 0.477. The Bertz CT molecular complexity index is 555. The fourth-order valence-electron chi connectivity index (χ4n) is 3.58. The molecule has 0 radical (unpaired) electrons. The van der Waals surface area contributed by atoms with E-state index in [1.54, 1.807) is 0 Å². The van der Waals surface area contributed by atoms with Crippen molar-refractivity contribution >= 4 is 17.5 Å². The van der Waals surface area contributed by atoms with Gasteiger partial charge in [0.2, 0.25) is 5.91 Å². The average molecular weight is 352 g/mol. The monoisotopic (exact) mass is 351 g/mol. The number of nitrogens with one attached hydrogen (secondary N) is 2. The Hall–Kier alpha value is -1.14. The molecule has 0 spiro atoms. The van der Waals surface area contributed by atoms with E-state index in [1.807, 2.05) is 24.3 Å². The standard InChI is InChI=1S/C18H26ClN3O2/c19-16-3-1-2-15(14-16)18(4-12-24-13-5-18)17(23)21-8-11-22-9-6-20-7-10-22/h1-3,14,20H,4-13H2,(H,21,23). The third-order valence-electron chi connectivity index (χ3n) is 5.08. The molecule has 0 aliphatic carbocycles. The van der Waals surface area contributed by atoms with Gasteiger partial charge in [-0.2, -0.15) is 0 Å². The molecule has 1 aromatic rings. The number of nitrogens with zero attached hydrogens (tertiary/aromatic N) is 1. The SMILES string of the molecule is O=C(NCCN1CCNCC1)C1(c2cccc(Cl)c2)CCOCC1. The molecular formula is C18H26ClN3O2. The third kappa shape index (κ3) is 4.09. The Morgan fingerprint density at radius 1 is 1.29 bits per heavy atom. The molecule has 1 amide bonds. The first-order chi connectivity index (χ1) is 11.7. The van der Waals surface area contributed by atoms with Crippen LogP contribution in [0, 0.1) is 0 Å². The van der Waals surface area contributed by atoms with E-state index in [9.17, 15) is 4.79 Å². The van der Waals surface area contributed by atoms with Gasteiger partial charge in [0, 0.05) is 57.5 Å². The maximum atomic E-state index is 13.0. The maximum Gasteiger partial charge on any atom is 0.230 e. The van der Waals surface area contributed by atoms with Crippen molar-refractivity contribution in [3.8, 4) is 0 Å². The van der Waals surface area contributed by atoms with Gasteiger partial charge in [-0.25, -0.2) is 0 Å². The zero-order valence-electron chi connectivity index (χ0n) is 14.0. The Morgan fingerprint density at radius 2 is 2.04 bits per heavy atom. The first kappa shape index (κ1) is 17.7. The number of ether oxygens (including phenoxy) is 1. The average Bonchev–Trinajstić information content (AvgIpc) is 2.63. The normalized spacial score (nSPS) is 21.4. The number of halogens is 1. The van der Waals surface area contributed by atoms with Crippen LogP contribution in [0.25, 0.3) is 0 Å². The third-order valence-corrected chi connectivity index (χ3v) is 5.32. The van der Waals surface area contributed by atoms with E-state index in [0.717, 1.165) is 38.3 Å². The predicted octanol–water partition coefficient (Wildman–Crippen LogP) is 1.41. The Balaban J connectivity index is 1.65.